The van der Waals surface area contributed by atoms with E-state index >= 15 is 0 Å². The Labute approximate surface area is 181 Å². The van der Waals surface area contributed by atoms with E-state index in [2.05, 4.69) is 30.3 Å². The zero-order valence-corrected chi connectivity index (χ0v) is 18.5. The number of anilines is 3. The topological polar surface area (TPSA) is 109 Å². The number of aryl methyl sites for hydroxylation is 2. The molecule has 3 N–H and O–H groups in total. The van der Waals surface area contributed by atoms with Crippen molar-refractivity contribution in [3.05, 3.63) is 64.6 Å². The number of pyridine rings is 1. The zero-order chi connectivity index (χ0) is 21.7. The minimum atomic E-state index is -3.66. The van der Waals surface area contributed by atoms with Gasteiger partial charge in [0.1, 0.15) is 23.3 Å². The second kappa shape index (κ2) is 9.38. The standard InChI is InChI=1S/C20H23ClN6O2S/c1-13-7-8-22-18(11-13)27-20-12-19(25-15(3)26-20)23-9-10-24-30(28,29)17-6-4-5-16(21)14(17)2/h4-8,11-12,24H,9-10H2,1-3H3,(H2,22,23,25,26,27). The van der Waals surface area contributed by atoms with Crippen LogP contribution in [-0.4, -0.2) is 36.5 Å². The molecule has 3 aromatic rings. The van der Waals surface area contributed by atoms with Crippen LogP contribution in [0.1, 0.15) is 17.0 Å². The van der Waals surface area contributed by atoms with Crippen molar-refractivity contribution < 1.29 is 8.42 Å². The fourth-order valence-corrected chi connectivity index (χ4v) is 4.32. The molecule has 2 heterocycles. The summed E-state index contributed by atoms with van der Waals surface area (Å²) >= 11 is 6.03. The molecule has 30 heavy (non-hydrogen) atoms. The first-order valence-electron chi connectivity index (χ1n) is 9.28. The third-order valence-electron chi connectivity index (χ3n) is 4.24. The Kier molecular flexibility index (Phi) is 6.86. The molecular formula is C20H23ClN6O2S. The van der Waals surface area contributed by atoms with Crippen LogP contribution in [0.25, 0.3) is 0 Å². The maximum absolute atomic E-state index is 12.5. The molecule has 0 amide bonds. The molecular weight excluding hydrogens is 424 g/mol. The van der Waals surface area contributed by atoms with Crippen molar-refractivity contribution in [1.82, 2.24) is 19.7 Å². The molecule has 0 spiro atoms. The Morgan fingerprint density at radius 3 is 2.50 bits per heavy atom. The van der Waals surface area contributed by atoms with Crippen molar-refractivity contribution in [2.24, 2.45) is 0 Å². The van der Waals surface area contributed by atoms with Crippen molar-refractivity contribution in [2.75, 3.05) is 23.7 Å². The molecule has 158 valence electrons. The molecule has 3 rings (SSSR count). The lowest BCUT2D eigenvalue weighted by molar-refractivity contribution is 0.582. The number of aromatic nitrogens is 3. The highest BCUT2D eigenvalue weighted by Gasteiger charge is 2.17. The zero-order valence-electron chi connectivity index (χ0n) is 16.9. The van der Waals surface area contributed by atoms with Crippen LogP contribution in [0.15, 0.2) is 47.5 Å². The third-order valence-corrected chi connectivity index (χ3v) is 6.26. The minimum absolute atomic E-state index is 0.171. The predicted octanol–water partition coefficient (Wildman–Crippen LogP) is 3.58. The van der Waals surface area contributed by atoms with E-state index in [0.717, 1.165) is 5.56 Å². The molecule has 0 saturated heterocycles. The lowest BCUT2D eigenvalue weighted by Crippen LogP contribution is -2.29. The second-order valence-electron chi connectivity index (χ2n) is 6.72. The summed E-state index contributed by atoms with van der Waals surface area (Å²) in [5.41, 5.74) is 1.60. The van der Waals surface area contributed by atoms with E-state index < -0.39 is 10.0 Å². The van der Waals surface area contributed by atoms with Gasteiger partial charge in [0.05, 0.1) is 4.90 Å². The molecule has 1 aromatic carbocycles. The van der Waals surface area contributed by atoms with Crippen molar-refractivity contribution in [3.63, 3.8) is 0 Å². The van der Waals surface area contributed by atoms with Gasteiger partial charge in [-0.25, -0.2) is 28.1 Å². The average Bonchev–Trinajstić information content (AvgIpc) is 2.67. The maximum atomic E-state index is 12.5. The van der Waals surface area contributed by atoms with Gasteiger partial charge in [-0.1, -0.05) is 17.7 Å². The number of hydrogen-bond donors (Lipinski definition) is 3. The first kappa shape index (κ1) is 21.9. The van der Waals surface area contributed by atoms with Crippen molar-refractivity contribution in [1.29, 1.82) is 0 Å². The summed E-state index contributed by atoms with van der Waals surface area (Å²) in [6.07, 6.45) is 1.72. The summed E-state index contributed by atoms with van der Waals surface area (Å²) in [4.78, 5) is 13.1. The van der Waals surface area contributed by atoms with Crippen LogP contribution in [0, 0.1) is 20.8 Å². The monoisotopic (exact) mass is 446 g/mol. The van der Waals surface area contributed by atoms with Crippen LogP contribution in [0.3, 0.4) is 0 Å². The molecule has 0 aliphatic heterocycles. The highest BCUT2D eigenvalue weighted by Crippen LogP contribution is 2.22. The van der Waals surface area contributed by atoms with Crippen molar-refractivity contribution in [3.8, 4) is 0 Å². The van der Waals surface area contributed by atoms with E-state index in [1.807, 2.05) is 19.1 Å². The fourth-order valence-electron chi connectivity index (χ4n) is 2.79. The number of nitrogens with one attached hydrogen (secondary N) is 3. The van der Waals surface area contributed by atoms with Crippen molar-refractivity contribution in [2.45, 2.75) is 25.7 Å². The van der Waals surface area contributed by atoms with Crippen LogP contribution >= 0.6 is 11.6 Å². The number of hydrogen-bond acceptors (Lipinski definition) is 7. The number of rotatable bonds is 8. The first-order valence-corrected chi connectivity index (χ1v) is 11.1. The third kappa shape index (κ3) is 5.65. The summed E-state index contributed by atoms with van der Waals surface area (Å²) < 4.78 is 27.6. The quantitative estimate of drug-likeness (QED) is 0.453. The summed E-state index contributed by atoms with van der Waals surface area (Å²) in [5, 5.41) is 6.67. The van der Waals surface area contributed by atoms with Gasteiger partial charge in [-0.3, -0.25) is 0 Å². The van der Waals surface area contributed by atoms with Gasteiger partial charge in [-0.05, 0) is 56.2 Å². The van der Waals surface area contributed by atoms with Crippen LogP contribution in [0.2, 0.25) is 5.02 Å². The van der Waals surface area contributed by atoms with E-state index in [1.54, 1.807) is 38.2 Å². The summed E-state index contributed by atoms with van der Waals surface area (Å²) in [5.74, 6) is 2.43. The molecule has 0 aliphatic carbocycles. The van der Waals surface area contributed by atoms with E-state index in [9.17, 15) is 8.42 Å². The minimum Gasteiger partial charge on any atom is -0.369 e. The maximum Gasteiger partial charge on any atom is 0.240 e. The van der Waals surface area contributed by atoms with Crippen LogP contribution < -0.4 is 15.4 Å². The Morgan fingerprint density at radius 1 is 0.967 bits per heavy atom. The molecule has 0 saturated carbocycles. The fraction of sp³-hybridized carbons (Fsp3) is 0.250. The summed E-state index contributed by atoms with van der Waals surface area (Å²) in [6, 6.07) is 10.4. The first-order chi connectivity index (χ1) is 14.2. The van der Waals surface area contributed by atoms with Gasteiger partial charge in [0.25, 0.3) is 0 Å². The Morgan fingerprint density at radius 2 is 1.73 bits per heavy atom. The molecule has 0 aliphatic rings. The van der Waals surface area contributed by atoms with Gasteiger partial charge in [-0.2, -0.15) is 0 Å². The summed E-state index contributed by atoms with van der Waals surface area (Å²) in [7, 11) is -3.66. The lowest BCUT2D eigenvalue weighted by atomic mass is 10.2. The van der Waals surface area contributed by atoms with Gasteiger partial charge < -0.3 is 10.6 Å². The molecule has 0 atom stereocenters. The number of nitrogens with zero attached hydrogens (tertiary/aromatic N) is 3. The van der Waals surface area contributed by atoms with Crippen LogP contribution in [-0.2, 0) is 10.0 Å². The molecule has 10 heteroatoms. The van der Waals surface area contributed by atoms with Gasteiger partial charge in [0.15, 0.2) is 0 Å². The molecule has 8 nitrogen and oxygen atoms in total. The average molecular weight is 447 g/mol. The highest BCUT2D eigenvalue weighted by molar-refractivity contribution is 7.89. The van der Waals surface area contributed by atoms with E-state index in [1.165, 1.54) is 6.07 Å². The van der Waals surface area contributed by atoms with Crippen LogP contribution in [0.4, 0.5) is 17.5 Å². The van der Waals surface area contributed by atoms with Gasteiger partial charge >= 0.3 is 0 Å². The van der Waals surface area contributed by atoms with E-state index in [0.29, 0.717) is 40.4 Å². The number of sulfonamides is 1. The Hall–Kier alpha value is -2.75. The Bertz CT molecular complexity index is 1150. The predicted molar refractivity (Wildman–Crippen MR) is 119 cm³/mol. The molecule has 0 fully saturated rings. The van der Waals surface area contributed by atoms with Gasteiger partial charge in [0, 0.05) is 30.4 Å². The van der Waals surface area contributed by atoms with Gasteiger partial charge in [-0.15, -0.1) is 0 Å². The summed E-state index contributed by atoms with van der Waals surface area (Å²) in [6.45, 7) is 5.97. The second-order valence-corrected chi connectivity index (χ2v) is 8.86. The number of halogens is 1. The largest absolute Gasteiger partial charge is 0.369 e. The molecule has 2 aromatic heterocycles. The normalized spacial score (nSPS) is 11.3. The van der Waals surface area contributed by atoms with Crippen molar-refractivity contribution >= 4 is 39.1 Å². The molecule has 0 bridgehead atoms. The highest BCUT2D eigenvalue weighted by atomic mass is 35.5. The Balaban J connectivity index is 1.61. The SMILES string of the molecule is Cc1ccnc(Nc2cc(NCCNS(=O)(=O)c3cccc(Cl)c3C)nc(C)n2)c1. The van der Waals surface area contributed by atoms with E-state index in [-0.39, 0.29) is 11.4 Å². The van der Waals surface area contributed by atoms with Crippen LogP contribution in [0.5, 0.6) is 0 Å². The van der Waals surface area contributed by atoms with Gasteiger partial charge in [0.2, 0.25) is 10.0 Å². The smallest absolute Gasteiger partial charge is 0.240 e. The lowest BCUT2D eigenvalue weighted by Gasteiger charge is -2.12. The van der Waals surface area contributed by atoms with E-state index in [4.69, 9.17) is 11.6 Å². The molecule has 0 unspecified atom stereocenters. The number of benzene rings is 1. The molecule has 0 radical (unpaired) electrons.